The van der Waals surface area contributed by atoms with Crippen LogP contribution in [0.15, 0.2) is 17.9 Å². The molecule has 9 nitrogen and oxygen atoms in total. The molecule has 0 heterocycles. The predicted molar refractivity (Wildman–Crippen MR) is 109 cm³/mol. The second kappa shape index (κ2) is 10.8. The molecule has 30 heavy (non-hydrogen) atoms. The van der Waals surface area contributed by atoms with E-state index in [1.165, 1.54) is 33.3 Å². The summed E-state index contributed by atoms with van der Waals surface area (Å²) >= 11 is 0. The monoisotopic (exact) mass is 427 g/mol. The molecule has 0 saturated carbocycles. The molecule has 0 aliphatic heterocycles. The van der Waals surface area contributed by atoms with Crippen molar-refractivity contribution in [3.8, 4) is 0 Å². The molecule has 0 spiro atoms. The van der Waals surface area contributed by atoms with Gasteiger partial charge in [-0.15, -0.1) is 5.73 Å². The molecule has 0 aliphatic rings. The van der Waals surface area contributed by atoms with Gasteiger partial charge in [-0.05, 0) is 67.0 Å². The first kappa shape index (κ1) is 27.2. The highest BCUT2D eigenvalue weighted by atomic mass is 16.6. The van der Waals surface area contributed by atoms with Gasteiger partial charge < -0.3 is 18.9 Å². The van der Waals surface area contributed by atoms with Gasteiger partial charge in [0.15, 0.2) is 5.41 Å². The largest absolute Gasteiger partial charge is 0.468 e. The fourth-order valence-corrected chi connectivity index (χ4v) is 2.05. The second-order valence-corrected chi connectivity index (χ2v) is 8.67. The Morgan fingerprint density at radius 1 is 0.767 bits per heavy atom. The number of nitrogens with zero attached hydrogens (tertiary/aromatic N) is 1. The van der Waals surface area contributed by atoms with Crippen molar-refractivity contribution in [3.63, 3.8) is 0 Å². The Morgan fingerprint density at radius 2 is 1.17 bits per heavy atom. The summed E-state index contributed by atoms with van der Waals surface area (Å²) in [5, 5.41) is 0. The zero-order chi connectivity index (χ0) is 23.8. The third-order valence-electron chi connectivity index (χ3n) is 3.52. The number of methoxy groups -OCH3 is 2. The second-order valence-electron chi connectivity index (χ2n) is 8.67. The van der Waals surface area contributed by atoms with E-state index in [-0.39, 0.29) is 13.0 Å². The summed E-state index contributed by atoms with van der Waals surface area (Å²) in [4.78, 5) is 49.4. The minimum atomic E-state index is -1.54. The van der Waals surface area contributed by atoms with E-state index >= 15 is 0 Å². The fourth-order valence-electron chi connectivity index (χ4n) is 2.05. The average Bonchev–Trinajstić information content (AvgIpc) is 2.59. The lowest BCUT2D eigenvalue weighted by Gasteiger charge is -2.27. The van der Waals surface area contributed by atoms with E-state index in [1.807, 2.05) is 0 Å². The summed E-state index contributed by atoms with van der Waals surface area (Å²) in [6.07, 6.45) is 0.994. The fraction of sp³-hybridized carbons (Fsp3) is 0.667. The Labute approximate surface area is 178 Å². The Hall–Kier alpha value is -2.80. The summed E-state index contributed by atoms with van der Waals surface area (Å²) in [6.45, 7) is 11.2. The number of rotatable bonds is 6. The highest BCUT2D eigenvalue weighted by molar-refractivity contribution is 5.99. The van der Waals surface area contributed by atoms with E-state index in [0.717, 1.165) is 4.90 Å². The van der Waals surface area contributed by atoms with Gasteiger partial charge in [-0.3, -0.25) is 9.59 Å². The van der Waals surface area contributed by atoms with Crippen molar-refractivity contribution in [1.82, 2.24) is 4.90 Å². The molecule has 0 aromatic carbocycles. The molecular weight excluding hydrogens is 394 g/mol. The lowest BCUT2D eigenvalue weighted by Crippen LogP contribution is -2.43. The highest BCUT2D eigenvalue weighted by Gasteiger charge is 2.42. The summed E-state index contributed by atoms with van der Waals surface area (Å²) in [5.74, 6) is -1.51. The molecule has 2 amide bonds. The van der Waals surface area contributed by atoms with Gasteiger partial charge in [0.2, 0.25) is 0 Å². The van der Waals surface area contributed by atoms with E-state index < -0.39 is 40.7 Å². The van der Waals surface area contributed by atoms with Gasteiger partial charge in [-0.1, -0.05) is 0 Å². The van der Waals surface area contributed by atoms with Gasteiger partial charge in [-0.2, -0.15) is 0 Å². The summed E-state index contributed by atoms with van der Waals surface area (Å²) in [5.41, 5.74) is -0.411. The van der Waals surface area contributed by atoms with Crippen LogP contribution in [-0.2, 0) is 28.5 Å². The first-order valence-corrected chi connectivity index (χ1v) is 9.37. The predicted octanol–water partition coefficient (Wildman–Crippen LogP) is 3.61. The van der Waals surface area contributed by atoms with Gasteiger partial charge >= 0.3 is 24.1 Å². The van der Waals surface area contributed by atoms with Gasteiger partial charge in [0, 0.05) is 0 Å². The van der Waals surface area contributed by atoms with Gasteiger partial charge in [0.05, 0.1) is 20.8 Å². The number of carbonyl (C=O) groups excluding carboxylic acids is 4. The molecular formula is C21H33NO8. The molecule has 0 radical (unpaired) electrons. The Kier molecular flexibility index (Phi) is 9.82. The molecule has 170 valence electrons. The van der Waals surface area contributed by atoms with Crippen molar-refractivity contribution in [3.05, 3.63) is 17.9 Å². The number of carbonyl (C=O) groups is 4. The lowest BCUT2D eigenvalue weighted by molar-refractivity contribution is -0.167. The molecule has 0 bridgehead atoms. The number of esters is 2. The smallest absolute Gasteiger partial charge is 0.420 e. The van der Waals surface area contributed by atoms with Crippen molar-refractivity contribution >= 4 is 24.1 Å². The number of amides is 2. The molecule has 0 aromatic heterocycles. The van der Waals surface area contributed by atoms with Crippen LogP contribution in [0.3, 0.4) is 0 Å². The van der Waals surface area contributed by atoms with E-state index in [4.69, 9.17) is 9.47 Å². The van der Waals surface area contributed by atoms with Crippen LogP contribution in [0.4, 0.5) is 9.59 Å². The molecule has 0 atom stereocenters. The molecule has 0 fully saturated rings. The molecule has 0 rings (SSSR count). The van der Waals surface area contributed by atoms with Crippen molar-refractivity contribution < 1.29 is 38.1 Å². The van der Waals surface area contributed by atoms with Gasteiger partial charge in [0.1, 0.15) is 11.2 Å². The molecule has 0 aromatic rings. The standard InChI is InChI=1S/C21H33NO8/c1-19(2,3)29-17(25)22(18(26)30-20(4,5)6)14-12-10-11-13-21(7,15(23)27-8)16(24)28-9/h11-12H,13-14H2,1-9H3. The average molecular weight is 427 g/mol. The van der Waals surface area contributed by atoms with E-state index in [9.17, 15) is 19.2 Å². The molecule has 0 unspecified atom stereocenters. The van der Waals surface area contributed by atoms with Gasteiger partial charge in [0.25, 0.3) is 0 Å². The van der Waals surface area contributed by atoms with Crippen LogP contribution in [0.2, 0.25) is 0 Å². The maximum Gasteiger partial charge on any atom is 0.420 e. The zero-order valence-corrected chi connectivity index (χ0v) is 19.3. The van der Waals surface area contributed by atoms with Crippen LogP contribution in [0.25, 0.3) is 0 Å². The molecule has 0 aliphatic carbocycles. The third-order valence-corrected chi connectivity index (χ3v) is 3.52. The van der Waals surface area contributed by atoms with Gasteiger partial charge in [-0.25, -0.2) is 14.5 Å². The first-order valence-electron chi connectivity index (χ1n) is 9.37. The number of imide groups is 1. The minimum absolute atomic E-state index is 0.0538. The van der Waals surface area contributed by atoms with Crippen LogP contribution >= 0.6 is 0 Å². The van der Waals surface area contributed by atoms with Crippen molar-refractivity contribution in [2.24, 2.45) is 5.41 Å². The quantitative estimate of drug-likeness (QED) is 0.274. The lowest BCUT2D eigenvalue weighted by atomic mass is 9.87. The molecule has 0 N–H and O–H groups in total. The maximum absolute atomic E-state index is 12.4. The SMILES string of the molecule is COC(=O)C(C)(CC=C=CCN(C(=O)OC(C)(C)C)C(=O)OC(C)(C)C)C(=O)OC. The molecule has 0 saturated heterocycles. The number of hydrogen-bond acceptors (Lipinski definition) is 8. The third kappa shape index (κ3) is 9.13. The van der Waals surface area contributed by atoms with Crippen LogP contribution in [0, 0.1) is 5.41 Å². The number of ether oxygens (including phenoxy) is 4. The maximum atomic E-state index is 12.4. The van der Waals surface area contributed by atoms with E-state index in [1.54, 1.807) is 41.5 Å². The minimum Gasteiger partial charge on any atom is -0.468 e. The first-order chi connectivity index (χ1) is 13.6. The Morgan fingerprint density at radius 3 is 1.50 bits per heavy atom. The summed E-state index contributed by atoms with van der Waals surface area (Å²) in [7, 11) is 2.34. The van der Waals surface area contributed by atoms with Crippen molar-refractivity contribution in [2.45, 2.75) is 66.1 Å². The Bertz CT molecular complexity index is 661. The topological polar surface area (TPSA) is 108 Å². The van der Waals surface area contributed by atoms with Crippen molar-refractivity contribution in [2.75, 3.05) is 20.8 Å². The zero-order valence-electron chi connectivity index (χ0n) is 19.3. The number of hydrogen-bond donors (Lipinski definition) is 0. The van der Waals surface area contributed by atoms with Crippen LogP contribution in [0.1, 0.15) is 54.9 Å². The Balaban J connectivity index is 5.48. The van der Waals surface area contributed by atoms with Crippen LogP contribution < -0.4 is 0 Å². The van der Waals surface area contributed by atoms with E-state index in [2.05, 4.69) is 15.2 Å². The summed E-state index contributed by atoms with van der Waals surface area (Å²) < 4.78 is 19.8. The molecule has 9 heteroatoms. The van der Waals surface area contributed by atoms with Crippen LogP contribution in [-0.4, -0.2) is 61.0 Å². The normalized spacial score (nSPS) is 11.5. The summed E-state index contributed by atoms with van der Waals surface area (Å²) in [6, 6.07) is 0. The van der Waals surface area contributed by atoms with Crippen LogP contribution in [0.5, 0.6) is 0 Å². The highest BCUT2D eigenvalue weighted by Crippen LogP contribution is 2.25. The van der Waals surface area contributed by atoms with E-state index in [0.29, 0.717) is 0 Å². The van der Waals surface area contributed by atoms with Crippen molar-refractivity contribution in [1.29, 1.82) is 0 Å².